The van der Waals surface area contributed by atoms with Crippen molar-refractivity contribution >= 4 is 0 Å². The molecule has 1 aromatic carbocycles. The van der Waals surface area contributed by atoms with Crippen LogP contribution in [0.5, 0.6) is 0 Å². The number of fused-ring (bicyclic) bond motifs is 3. The van der Waals surface area contributed by atoms with Gasteiger partial charge in [-0.05, 0) is 38.7 Å². The van der Waals surface area contributed by atoms with Gasteiger partial charge in [-0.2, -0.15) is 0 Å². The SMILES string of the molecule is CC1Cc2[nH]c(CNC(C)(C)C)nc2-c2ccccc21. The summed E-state index contributed by atoms with van der Waals surface area (Å²) in [5.41, 5.74) is 5.24. The van der Waals surface area contributed by atoms with Crippen LogP contribution in [-0.2, 0) is 13.0 Å². The van der Waals surface area contributed by atoms with E-state index in [9.17, 15) is 0 Å². The van der Waals surface area contributed by atoms with E-state index in [1.807, 2.05) is 0 Å². The van der Waals surface area contributed by atoms with Crippen LogP contribution in [0.3, 0.4) is 0 Å². The Hall–Kier alpha value is -1.61. The first kappa shape index (κ1) is 13.4. The number of aromatic amines is 1. The molecule has 1 aliphatic carbocycles. The fourth-order valence-corrected chi connectivity index (χ4v) is 2.83. The van der Waals surface area contributed by atoms with Crippen molar-refractivity contribution in [2.75, 3.05) is 0 Å². The normalized spacial score (nSPS) is 17.7. The summed E-state index contributed by atoms with van der Waals surface area (Å²) >= 11 is 0. The maximum atomic E-state index is 4.81. The molecule has 3 nitrogen and oxygen atoms in total. The van der Waals surface area contributed by atoms with Crippen molar-refractivity contribution in [1.29, 1.82) is 0 Å². The number of benzene rings is 1. The first-order valence-corrected chi connectivity index (χ1v) is 7.36. The van der Waals surface area contributed by atoms with E-state index < -0.39 is 0 Å². The molecule has 2 aromatic rings. The Bertz CT molecular complexity index is 619. The highest BCUT2D eigenvalue weighted by molar-refractivity contribution is 5.69. The van der Waals surface area contributed by atoms with E-state index >= 15 is 0 Å². The molecule has 0 radical (unpaired) electrons. The molecule has 1 heterocycles. The van der Waals surface area contributed by atoms with Crippen LogP contribution in [0.15, 0.2) is 24.3 Å². The van der Waals surface area contributed by atoms with Gasteiger partial charge in [0, 0.05) is 16.8 Å². The number of aromatic nitrogens is 2. The Morgan fingerprint density at radius 2 is 2.05 bits per heavy atom. The lowest BCUT2D eigenvalue weighted by molar-refractivity contribution is 0.418. The van der Waals surface area contributed by atoms with Crippen molar-refractivity contribution in [1.82, 2.24) is 15.3 Å². The van der Waals surface area contributed by atoms with E-state index in [2.05, 4.69) is 62.3 Å². The fraction of sp³-hybridized carbons (Fsp3) is 0.471. The average molecular weight is 269 g/mol. The third-order valence-corrected chi connectivity index (χ3v) is 3.87. The van der Waals surface area contributed by atoms with Crippen LogP contribution < -0.4 is 5.32 Å². The number of hydrogen-bond donors (Lipinski definition) is 2. The molecule has 0 bridgehead atoms. The molecule has 3 rings (SSSR count). The van der Waals surface area contributed by atoms with E-state index in [0.29, 0.717) is 5.92 Å². The lowest BCUT2D eigenvalue weighted by atomic mass is 9.85. The van der Waals surface area contributed by atoms with Gasteiger partial charge in [-0.3, -0.25) is 0 Å². The molecule has 1 aromatic heterocycles. The lowest BCUT2D eigenvalue weighted by Crippen LogP contribution is -2.35. The highest BCUT2D eigenvalue weighted by Crippen LogP contribution is 2.37. The van der Waals surface area contributed by atoms with Crippen LogP contribution in [0.4, 0.5) is 0 Å². The first-order chi connectivity index (χ1) is 9.44. The zero-order valence-electron chi connectivity index (χ0n) is 12.7. The third kappa shape index (κ3) is 2.50. The van der Waals surface area contributed by atoms with Crippen molar-refractivity contribution in [2.45, 2.75) is 52.1 Å². The van der Waals surface area contributed by atoms with Crippen LogP contribution in [0, 0.1) is 0 Å². The quantitative estimate of drug-likeness (QED) is 0.874. The summed E-state index contributed by atoms with van der Waals surface area (Å²) in [4.78, 5) is 8.32. The zero-order chi connectivity index (χ0) is 14.3. The van der Waals surface area contributed by atoms with Gasteiger partial charge in [-0.1, -0.05) is 31.2 Å². The fourth-order valence-electron chi connectivity index (χ4n) is 2.83. The molecule has 1 aliphatic rings. The second kappa shape index (κ2) is 4.74. The molecule has 0 aliphatic heterocycles. The summed E-state index contributed by atoms with van der Waals surface area (Å²) in [6.07, 6.45) is 1.05. The number of nitrogens with zero attached hydrogens (tertiary/aromatic N) is 1. The van der Waals surface area contributed by atoms with E-state index in [0.717, 1.165) is 24.5 Å². The largest absolute Gasteiger partial charge is 0.344 e. The topological polar surface area (TPSA) is 40.7 Å². The number of imidazole rings is 1. The van der Waals surface area contributed by atoms with Crippen LogP contribution in [0.25, 0.3) is 11.3 Å². The second-order valence-corrected chi connectivity index (χ2v) is 6.81. The molecular formula is C17H23N3. The minimum Gasteiger partial charge on any atom is -0.344 e. The minimum absolute atomic E-state index is 0.110. The van der Waals surface area contributed by atoms with E-state index in [1.54, 1.807) is 0 Å². The molecule has 0 saturated heterocycles. The van der Waals surface area contributed by atoms with Crippen LogP contribution >= 0.6 is 0 Å². The monoisotopic (exact) mass is 269 g/mol. The predicted octanol–water partition coefficient (Wildman–Crippen LogP) is 3.62. The van der Waals surface area contributed by atoms with Gasteiger partial charge >= 0.3 is 0 Å². The maximum absolute atomic E-state index is 4.81. The summed E-state index contributed by atoms with van der Waals surface area (Å²) in [6.45, 7) is 9.59. The summed E-state index contributed by atoms with van der Waals surface area (Å²) in [5, 5.41) is 3.49. The Labute approximate surface area is 120 Å². The highest BCUT2D eigenvalue weighted by Gasteiger charge is 2.24. The average Bonchev–Trinajstić information content (AvgIpc) is 2.79. The van der Waals surface area contributed by atoms with Crippen molar-refractivity contribution in [2.24, 2.45) is 0 Å². The summed E-state index contributed by atoms with van der Waals surface area (Å²) in [6, 6.07) is 8.63. The molecule has 3 heteroatoms. The van der Waals surface area contributed by atoms with Crippen molar-refractivity contribution in [3.05, 3.63) is 41.3 Å². The molecule has 20 heavy (non-hydrogen) atoms. The van der Waals surface area contributed by atoms with Gasteiger partial charge in [0.1, 0.15) is 5.82 Å². The van der Waals surface area contributed by atoms with Crippen molar-refractivity contribution < 1.29 is 0 Å². The number of H-pyrrole nitrogens is 1. The van der Waals surface area contributed by atoms with Crippen molar-refractivity contribution in [3.8, 4) is 11.3 Å². The van der Waals surface area contributed by atoms with E-state index in [1.165, 1.54) is 16.8 Å². The molecular weight excluding hydrogens is 246 g/mol. The third-order valence-electron chi connectivity index (χ3n) is 3.87. The molecule has 1 atom stereocenters. The van der Waals surface area contributed by atoms with Gasteiger partial charge in [0.2, 0.25) is 0 Å². The van der Waals surface area contributed by atoms with Crippen LogP contribution in [0.2, 0.25) is 0 Å². The maximum Gasteiger partial charge on any atom is 0.121 e. The Morgan fingerprint density at radius 3 is 2.80 bits per heavy atom. The Balaban J connectivity index is 1.92. The van der Waals surface area contributed by atoms with Gasteiger partial charge in [-0.25, -0.2) is 4.98 Å². The number of rotatable bonds is 2. The van der Waals surface area contributed by atoms with Gasteiger partial charge < -0.3 is 10.3 Å². The van der Waals surface area contributed by atoms with Gasteiger partial charge in [0.05, 0.1) is 12.2 Å². The standard InChI is InChI=1S/C17H23N3/c1-11-9-14-16(13-8-6-5-7-12(11)13)20-15(19-14)10-18-17(2,3)4/h5-8,11,18H,9-10H2,1-4H3,(H,19,20). The van der Waals surface area contributed by atoms with Gasteiger partial charge in [0.25, 0.3) is 0 Å². The number of nitrogens with one attached hydrogen (secondary N) is 2. The molecule has 106 valence electrons. The van der Waals surface area contributed by atoms with Crippen LogP contribution in [0.1, 0.15) is 50.7 Å². The number of hydrogen-bond acceptors (Lipinski definition) is 2. The molecule has 0 saturated carbocycles. The summed E-state index contributed by atoms with van der Waals surface area (Å²) < 4.78 is 0. The molecule has 2 N–H and O–H groups in total. The van der Waals surface area contributed by atoms with Crippen molar-refractivity contribution in [3.63, 3.8) is 0 Å². The predicted molar refractivity (Wildman–Crippen MR) is 82.7 cm³/mol. The Kier molecular flexibility index (Phi) is 3.17. The smallest absolute Gasteiger partial charge is 0.121 e. The lowest BCUT2D eigenvalue weighted by Gasteiger charge is -2.21. The first-order valence-electron chi connectivity index (χ1n) is 7.36. The molecule has 1 unspecified atom stereocenters. The zero-order valence-corrected chi connectivity index (χ0v) is 12.7. The second-order valence-electron chi connectivity index (χ2n) is 6.81. The highest BCUT2D eigenvalue weighted by atomic mass is 15.0. The Morgan fingerprint density at radius 1 is 1.30 bits per heavy atom. The molecule has 0 spiro atoms. The van der Waals surface area contributed by atoms with E-state index in [4.69, 9.17) is 4.98 Å². The minimum atomic E-state index is 0.110. The van der Waals surface area contributed by atoms with E-state index in [-0.39, 0.29) is 5.54 Å². The van der Waals surface area contributed by atoms with Gasteiger partial charge in [0.15, 0.2) is 0 Å². The molecule has 0 fully saturated rings. The summed E-state index contributed by atoms with van der Waals surface area (Å²) in [5.74, 6) is 1.59. The van der Waals surface area contributed by atoms with Gasteiger partial charge in [-0.15, -0.1) is 0 Å². The van der Waals surface area contributed by atoms with Crippen LogP contribution in [-0.4, -0.2) is 15.5 Å². The molecule has 0 amide bonds. The summed E-state index contributed by atoms with van der Waals surface area (Å²) in [7, 11) is 0.